The number of rotatable bonds is 6. The summed E-state index contributed by atoms with van der Waals surface area (Å²) in [5.74, 6) is 0. The fourth-order valence-electron chi connectivity index (χ4n) is 0.376. The number of nitrogens with zero attached hydrogens (tertiary/aromatic N) is 1. The van der Waals surface area contributed by atoms with Gasteiger partial charge in [0.1, 0.15) is 6.10 Å². The molecule has 76 valence electrons. The van der Waals surface area contributed by atoms with Crippen molar-refractivity contribution >= 4 is 7.82 Å². The number of hydrogen-bond acceptors (Lipinski definition) is 5. The summed E-state index contributed by atoms with van der Waals surface area (Å²) in [6.07, 6.45) is -1.22. The van der Waals surface area contributed by atoms with Gasteiger partial charge in [0.15, 0.2) is 0 Å². The fourth-order valence-corrected chi connectivity index (χ4v) is 1.02. The first-order valence-electron chi connectivity index (χ1n) is 3.29. The van der Waals surface area contributed by atoms with E-state index >= 15 is 0 Å². The highest BCUT2D eigenvalue weighted by Crippen LogP contribution is 2.42. The third kappa shape index (κ3) is 6.66. The Morgan fingerprint density at radius 1 is 1.54 bits per heavy atom. The quantitative estimate of drug-likeness (QED) is 0.508. The first-order valence-corrected chi connectivity index (χ1v) is 4.79. The van der Waals surface area contributed by atoms with Crippen LogP contribution in [0.4, 0.5) is 0 Å². The first kappa shape index (κ1) is 12.5. The molecule has 0 saturated carbocycles. The van der Waals surface area contributed by atoms with Gasteiger partial charge in [-0.3, -0.25) is 4.52 Å². The maximum absolute atomic E-state index is 10.8. The van der Waals surface area contributed by atoms with Gasteiger partial charge in [-0.15, -0.1) is 0 Å². The van der Waals surface area contributed by atoms with E-state index in [1.165, 1.54) is 0 Å². The van der Waals surface area contributed by atoms with Crippen LogP contribution in [0, 0.1) is 6.57 Å². The molecule has 3 N–H and O–H groups in total. The van der Waals surface area contributed by atoms with E-state index in [-0.39, 0.29) is 0 Å². The molecule has 0 spiro atoms. The van der Waals surface area contributed by atoms with Crippen LogP contribution in [0.2, 0.25) is 0 Å². The van der Waals surface area contributed by atoms with E-state index in [1.807, 2.05) is 0 Å². The second-order valence-electron chi connectivity index (χ2n) is 2.04. The molecule has 0 rings (SSSR count). The normalized spacial score (nSPS) is 17.4. The van der Waals surface area contributed by atoms with Crippen LogP contribution < -0.4 is 0 Å². The molecule has 0 fully saturated rings. The van der Waals surface area contributed by atoms with E-state index in [4.69, 9.17) is 15.1 Å². The summed E-state index contributed by atoms with van der Waals surface area (Å²) in [7, 11) is -4.22. The molecule has 0 aliphatic heterocycles. The van der Waals surface area contributed by atoms with Gasteiger partial charge < -0.3 is 15.1 Å². The van der Waals surface area contributed by atoms with Crippen molar-refractivity contribution in [3.05, 3.63) is 4.85 Å². The zero-order valence-corrected chi connectivity index (χ0v) is 7.63. The molecule has 0 aliphatic carbocycles. The first-order chi connectivity index (χ1) is 6.02. The number of phosphoric acid groups is 1. The number of aliphatic hydroxyl groups is 2. The monoisotopic (exact) mass is 212 g/mol. The van der Waals surface area contributed by atoms with E-state index in [9.17, 15) is 4.57 Å². The summed E-state index contributed by atoms with van der Waals surface area (Å²) >= 11 is 0. The Hall–Kier alpha value is -0.480. The van der Waals surface area contributed by atoms with Crippen LogP contribution in [0.15, 0.2) is 0 Å². The van der Waals surface area contributed by atoms with Crippen molar-refractivity contribution in [3.63, 3.8) is 0 Å². The smallest absolute Gasteiger partial charge is 0.394 e. The topological polar surface area (TPSA) is 101 Å². The molecule has 2 atom stereocenters. The van der Waals surface area contributed by atoms with Gasteiger partial charge in [0.05, 0.1) is 13.2 Å². The van der Waals surface area contributed by atoms with E-state index < -0.39 is 33.9 Å². The molecule has 7 nitrogen and oxygen atoms in total. The van der Waals surface area contributed by atoms with Gasteiger partial charge >= 0.3 is 14.6 Å². The van der Waals surface area contributed by atoms with Gasteiger partial charge in [0.2, 0.25) is 0 Å². The van der Waals surface area contributed by atoms with Crippen molar-refractivity contribution in [2.45, 2.75) is 6.10 Å². The average Bonchev–Trinajstić information content (AvgIpc) is 2.11. The number of aliphatic hydroxyl groups excluding tert-OH is 2. The lowest BCUT2D eigenvalue weighted by Crippen LogP contribution is -2.18. The summed E-state index contributed by atoms with van der Waals surface area (Å²) in [5.41, 5.74) is 0. The Labute approximate surface area is 75.0 Å². The Bertz CT molecular complexity index is 226. The number of phosphoric ester groups is 1. The molecule has 8 heteroatoms. The Balaban J connectivity index is 3.76. The molecule has 0 radical (unpaired) electrons. The predicted octanol–water partition coefficient (Wildman–Crippen LogP) is -0.607. The molecule has 0 aromatic carbocycles. The SMILES string of the molecule is C#[N+]COP(=O)(O)OCC(O)CO. The molecular weight excluding hydrogens is 201 g/mol. The van der Waals surface area contributed by atoms with Crippen molar-refractivity contribution < 1.29 is 28.7 Å². The summed E-state index contributed by atoms with van der Waals surface area (Å²) in [6, 6.07) is 0. The molecule has 0 saturated heterocycles. The molecule has 0 aromatic heterocycles. The second-order valence-corrected chi connectivity index (χ2v) is 3.50. The summed E-state index contributed by atoms with van der Waals surface area (Å²) in [6.45, 7) is 3.08. The molecule has 0 amide bonds. The van der Waals surface area contributed by atoms with E-state index in [0.717, 1.165) is 0 Å². The van der Waals surface area contributed by atoms with Gasteiger partial charge in [-0.1, -0.05) is 4.85 Å². The molecule has 0 heterocycles. The van der Waals surface area contributed by atoms with Gasteiger partial charge in [-0.05, 0) is 0 Å². The lowest BCUT2D eigenvalue weighted by atomic mass is 10.4. The van der Waals surface area contributed by atoms with Crippen LogP contribution in [0.1, 0.15) is 0 Å². The highest BCUT2D eigenvalue weighted by molar-refractivity contribution is 7.47. The van der Waals surface area contributed by atoms with E-state index in [0.29, 0.717) is 0 Å². The molecule has 0 aliphatic rings. The van der Waals surface area contributed by atoms with Crippen LogP contribution in [0.5, 0.6) is 0 Å². The maximum Gasteiger partial charge on any atom is 0.478 e. The Morgan fingerprint density at radius 3 is 2.62 bits per heavy atom. The van der Waals surface area contributed by atoms with Crippen molar-refractivity contribution in [2.75, 3.05) is 19.9 Å². The second kappa shape index (κ2) is 6.05. The van der Waals surface area contributed by atoms with Crippen molar-refractivity contribution in [1.82, 2.24) is 0 Å². The third-order valence-corrected chi connectivity index (χ3v) is 1.85. The van der Waals surface area contributed by atoms with Crippen LogP contribution in [0.25, 0.3) is 4.85 Å². The van der Waals surface area contributed by atoms with Crippen LogP contribution in [-0.2, 0) is 13.6 Å². The van der Waals surface area contributed by atoms with Crippen LogP contribution in [-0.4, -0.2) is 41.2 Å². The van der Waals surface area contributed by atoms with Gasteiger partial charge in [-0.2, -0.15) is 0 Å². The highest BCUT2D eigenvalue weighted by Gasteiger charge is 2.24. The van der Waals surface area contributed by atoms with Gasteiger partial charge in [0, 0.05) is 0 Å². The van der Waals surface area contributed by atoms with Crippen molar-refractivity contribution in [3.8, 4) is 6.57 Å². The molecular formula is C5H11NO6P+. The molecule has 0 aromatic rings. The van der Waals surface area contributed by atoms with Crippen LogP contribution in [0.3, 0.4) is 0 Å². The zero-order valence-electron chi connectivity index (χ0n) is 6.74. The summed E-state index contributed by atoms with van der Waals surface area (Å²) in [4.78, 5) is 11.7. The Kier molecular flexibility index (Phi) is 5.82. The third-order valence-electron chi connectivity index (χ3n) is 0.936. The molecule has 0 bridgehead atoms. The van der Waals surface area contributed by atoms with E-state index in [1.54, 1.807) is 0 Å². The Morgan fingerprint density at radius 2 is 2.15 bits per heavy atom. The summed E-state index contributed by atoms with van der Waals surface area (Å²) < 4.78 is 19.2. The highest BCUT2D eigenvalue weighted by atomic mass is 31.2. The van der Waals surface area contributed by atoms with Gasteiger partial charge in [-0.25, -0.2) is 9.09 Å². The minimum atomic E-state index is -4.22. The molecule has 13 heavy (non-hydrogen) atoms. The van der Waals surface area contributed by atoms with E-state index in [2.05, 4.69) is 20.5 Å². The average molecular weight is 212 g/mol. The molecule has 2 unspecified atom stereocenters. The lowest BCUT2D eigenvalue weighted by Gasteiger charge is -2.10. The predicted molar refractivity (Wildman–Crippen MR) is 43.1 cm³/mol. The number of hydrogen-bond donors (Lipinski definition) is 3. The van der Waals surface area contributed by atoms with Crippen LogP contribution >= 0.6 is 7.82 Å². The van der Waals surface area contributed by atoms with Crippen molar-refractivity contribution in [1.29, 1.82) is 0 Å². The van der Waals surface area contributed by atoms with Gasteiger partial charge in [0.25, 0.3) is 6.57 Å². The maximum atomic E-state index is 10.8. The van der Waals surface area contributed by atoms with Crippen molar-refractivity contribution in [2.24, 2.45) is 0 Å². The summed E-state index contributed by atoms with van der Waals surface area (Å²) in [5, 5.41) is 17.1. The minimum absolute atomic E-state index is 0.483. The fraction of sp³-hybridized carbons (Fsp3) is 0.800. The minimum Gasteiger partial charge on any atom is -0.394 e. The standard InChI is InChI=1S/C5H10NO6P/c1-6-4-12-13(9,10)11-3-5(8)2-7/h1,5,7-8H,2-4H2/p+1. The zero-order chi connectivity index (χ0) is 10.3. The largest absolute Gasteiger partial charge is 0.478 e. The lowest BCUT2D eigenvalue weighted by molar-refractivity contribution is 0.0377.